The molecule has 0 radical (unpaired) electrons. The van der Waals surface area contributed by atoms with E-state index in [-0.39, 0.29) is 0 Å². The van der Waals surface area contributed by atoms with Crippen LogP contribution in [0, 0.1) is 0 Å². The highest BCUT2D eigenvalue weighted by molar-refractivity contribution is 6.28. The maximum atomic E-state index is 6.25. The van der Waals surface area contributed by atoms with Gasteiger partial charge in [0.1, 0.15) is 0 Å². The van der Waals surface area contributed by atoms with Crippen LogP contribution in [0.1, 0.15) is 25.3 Å². The highest BCUT2D eigenvalue weighted by atomic mass is 35.5. The number of hydrogen-bond donors (Lipinski definition) is 0. The third-order valence-corrected chi connectivity index (χ3v) is 3.70. The van der Waals surface area contributed by atoms with Crippen LogP contribution >= 0.6 is 11.6 Å². The molecule has 0 saturated heterocycles. The predicted molar refractivity (Wildman–Crippen MR) is 85.9 cm³/mol. The highest BCUT2D eigenvalue weighted by Gasteiger charge is 2.14. The van der Waals surface area contributed by atoms with Gasteiger partial charge in [-0.1, -0.05) is 56.3 Å². The van der Waals surface area contributed by atoms with E-state index in [0.717, 1.165) is 17.1 Å². The van der Waals surface area contributed by atoms with Gasteiger partial charge in [-0.05, 0) is 35.2 Å². The van der Waals surface area contributed by atoms with Crippen molar-refractivity contribution in [3.63, 3.8) is 0 Å². The van der Waals surface area contributed by atoms with E-state index < -0.39 is 0 Å². The lowest BCUT2D eigenvalue weighted by Crippen LogP contribution is -1.99. The summed E-state index contributed by atoms with van der Waals surface area (Å²) in [4.78, 5) is 0. The summed E-state index contributed by atoms with van der Waals surface area (Å²) in [5.41, 5.74) is 3.23. The Morgan fingerprint density at radius 1 is 0.952 bits per heavy atom. The number of nitrogens with zero attached hydrogens (tertiary/aromatic N) is 3. The van der Waals surface area contributed by atoms with E-state index in [4.69, 9.17) is 11.6 Å². The van der Waals surface area contributed by atoms with Crippen LogP contribution in [0.2, 0.25) is 5.28 Å². The van der Waals surface area contributed by atoms with Crippen LogP contribution in [0.3, 0.4) is 0 Å². The molecule has 0 aliphatic carbocycles. The van der Waals surface area contributed by atoms with Crippen LogP contribution in [-0.4, -0.2) is 14.8 Å². The maximum Gasteiger partial charge on any atom is 0.229 e. The normalized spacial score (nSPS) is 11.0. The zero-order chi connectivity index (χ0) is 14.8. The molecule has 4 heteroatoms. The minimum absolute atomic E-state index is 0.370. The summed E-state index contributed by atoms with van der Waals surface area (Å²) in [6.45, 7) is 4.34. The zero-order valence-electron chi connectivity index (χ0n) is 12.0. The third kappa shape index (κ3) is 2.69. The topological polar surface area (TPSA) is 30.7 Å². The number of hydrogen-bond acceptors (Lipinski definition) is 2. The van der Waals surface area contributed by atoms with Crippen molar-refractivity contribution in [1.82, 2.24) is 14.8 Å². The molecule has 0 atom stereocenters. The first kappa shape index (κ1) is 13.8. The van der Waals surface area contributed by atoms with Crippen molar-refractivity contribution in [1.29, 1.82) is 0 Å². The fraction of sp³-hybridized carbons (Fsp3) is 0.176. The van der Waals surface area contributed by atoms with Crippen molar-refractivity contribution in [3.8, 4) is 17.1 Å². The SMILES string of the molecule is CC(C)c1cccc(-n2c(Cl)nnc2-c2ccccc2)c1. The van der Waals surface area contributed by atoms with E-state index in [2.05, 4.69) is 36.2 Å². The van der Waals surface area contributed by atoms with Gasteiger partial charge in [0.05, 0.1) is 5.69 Å². The number of halogens is 1. The van der Waals surface area contributed by atoms with Gasteiger partial charge in [0, 0.05) is 5.56 Å². The summed E-state index contributed by atoms with van der Waals surface area (Å²) < 4.78 is 1.88. The molecule has 21 heavy (non-hydrogen) atoms. The molecule has 0 aliphatic heterocycles. The largest absolute Gasteiger partial charge is 0.266 e. The van der Waals surface area contributed by atoms with Crippen molar-refractivity contribution >= 4 is 11.6 Å². The Hall–Kier alpha value is -2.13. The van der Waals surface area contributed by atoms with Gasteiger partial charge in [-0.15, -0.1) is 10.2 Å². The highest BCUT2D eigenvalue weighted by Crippen LogP contribution is 2.26. The van der Waals surface area contributed by atoms with E-state index in [0.29, 0.717) is 11.2 Å². The molecular formula is C17H16ClN3. The summed E-state index contributed by atoms with van der Waals surface area (Å²) in [6.07, 6.45) is 0. The second-order valence-electron chi connectivity index (χ2n) is 5.24. The first-order valence-electron chi connectivity index (χ1n) is 6.93. The molecule has 0 N–H and O–H groups in total. The molecule has 0 saturated carbocycles. The van der Waals surface area contributed by atoms with Gasteiger partial charge in [0.25, 0.3) is 0 Å². The fourth-order valence-corrected chi connectivity index (χ4v) is 2.51. The average Bonchev–Trinajstić information content (AvgIpc) is 2.90. The van der Waals surface area contributed by atoms with Crippen LogP contribution < -0.4 is 0 Å². The van der Waals surface area contributed by atoms with Crippen LogP contribution in [-0.2, 0) is 0 Å². The lowest BCUT2D eigenvalue weighted by atomic mass is 10.0. The van der Waals surface area contributed by atoms with Crippen molar-refractivity contribution in [2.24, 2.45) is 0 Å². The molecule has 3 rings (SSSR count). The Kier molecular flexibility index (Phi) is 3.76. The Labute approximate surface area is 129 Å². The van der Waals surface area contributed by atoms with Gasteiger partial charge < -0.3 is 0 Å². The average molecular weight is 298 g/mol. The van der Waals surface area contributed by atoms with Gasteiger partial charge in [0.15, 0.2) is 5.82 Å². The van der Waals surface area contributed by atoms with Gasteiger partial charge in [-0.25, -0.2) is 0 Å². The maximum absolute atomic E-state index is 6.25. The van der Waals surface area contributed by atoms with Gasteiger partial charge in [-0.3, -0.25) is 4.57 Å². The fourth-order valence-electron chi connectivity index (χ4n) is 2.29. The summed E-state index contributed by atoms with van der Waals surface area (Å²) >= 11 is 6.25. The molecule has 0 spiro atoms. The predicted octanol–water partition coefficient (Wildman–Crippen LogP) is 4.71. The lowest BCUT2D eigenvalue weighted by Gasteiger charge is -2.11. The molecule has 2 aromatic carbocycles. The van der Waals surface area contributed by atoms with E-state index in [1.54, 1.807) is 0 Å². The smallest absolute Gasteiger partial charge is 0.229 e. The molecule has 3 nitrogen and oxygen atoms in total. The number of aromatic nitrogens is 3. The van der Waals surface area contributed by atoms with Crippen molar-refractivity contribution < 1.29 is 0 Å². The first-order chi connectivity index (χ1) is 10.2. The minimum Gasteiger partial charge on any atom is -0.266 e. The number of rotatable bonds is 3. The second-order valence-corrected chi connectivity index (χ2v) is 5.58. The monoisotopic (exact) mass is 297 g/mol. The summed E-state index contributed by atoms with van der Waals surface area (Å²) in [5.74, 6) is 1.21. The van der Waals surface area contributed by atoms with Crippen LogP contribution in [0.5, 0.6) is 0 Å². The summed E-state index contributed by atoms with van der Waals surface area (Å²) in [5, 5.41) is 8.61. The van der Waals surface area contributed by atoms with E-state index >= 15 is 0 Å². The Bertz CT molecular complexity index is 748. The molecular weight excluding hydrogens is 282 g/mol. The second kappa shape index (κ2) is 5.70. The Balaban J connectivity index is 2.15. The quantitative estimate of drug-likeness (QED) is 0.701. The molecule has 0 aliphatic rings. The molecule has 0 bridgehead atoms. The van der Waals surface area contributed by atoms with Crippen molar-refractivity contribution in [2.75, 3.05) is 0 Å². The molecule has 106 valence electrons. The molecule has 0 amide bonds. The van der Waals surface area contributed by atoms with Crippen molar-refractivity contribution in [3.05, 3.63) is 65.4 Å². The molecule has 3 aromatic rings. The van der Waals surface area contributed by atoms with Crippen LogP contribution in [0.4, 0.5) is 0 Å². The van der Waals surface area contributed by atoms with Gasteiger partial charge >= 0.3 is 0 Å². The standard InChI is InChI=1S/C17H16ClN3/c1-12(2)14-9-6-10-15(11-14)21-16(19-20-17(21)18)13-7-4-3-5-8-13/h3-12H,1-2H3. The van der Waals surface area contributed by atoms with Gasteiger partial charge in [0.2, 0.25) is 5.28 Å². The third-order valence-electron chi connectivity index (χ3n) is 3.45. The van der Waals surface area contributed by atoms with Gasteiger partial charge in [-0.2, -0.15) is 0 Å². The molecule has 1 heterocycles. The Morgan fingerprint density at radius 2 is 1.71 bits per heavy atom. The van der Waals surface area contributed by atoms with E-state index in [1.165, 1.54) is 5.56 Å². The summed E-state index contributed by atoms with van der Waals surface area (Å²) in [6, 6.07) is 18.3. The van der Waals surface area contributed by atoms with Crippen molar-refractivity contribution in [2.45, 2.75) is 19.8 Å². The van der Waals surface area contributed by atoms with E-state index in [9.17, 15) is 0 Å². The summed E-state index contributed by atoms with van der Waals surface area (Å²) in [7, 11) is 0. The van der Waals surface area contributed by atoms with E-state index in [1.807, 2.05) is 47.0 Å². The zero-order valence-corrected chi connectivity index (χ0v) is 12.7. The first-order valence-corrected chi connectivity index (χ1v) is 7.31. The van der Waals surface area contributed by atoms with Crippen LogP contribution in [0.15, 0.2) is 54.6 Å². The van der Waals surface area contributed by atoms with Crippen LogP contribution in [0.25, 0.3) is 17.1 Å². The Morgan fingerprint density at radius 3 is 2.43 bits per heavy atom. The lowest BCUT2D eigenvalue weighted by molar-refractivity contribution is 0.863. The molecule has 1 aromatic heterocycles. The number of benzene rings is 2. The minimum atomic E-state index is 0.370. The molecule has 0 unspecified atom stereocenters. The molecule has 0 fully saturated rings.